The van der Waals surface area contributed by atoms with E-state index in [1.807, 2.05) is 0 Å². The van der Waals surface area contributed by atoms with Crippen molar-refractivity contribution < 1.29 is 33.7 Å². The summed E-state index contributed by atoms with van der Waals surface area (Å²) >= 11 is 0. The molecule has 0 spiro atoms. The Kier molecular flexibility index (Phi) is 4.97. The molecule has 5 rings (SSSR count). The van der Waals surface area contributed by atoms with Gasteiger partial charge >= 0.3 is 0 Å². The first-order chi connectivity index (χ1) is 15.9. The minimum atomic E-state index is -1.09. The molecule has 2 heterocycles. The molecule has 0 saturated carbocycles. The molecule has 3 aromatic rings. The summed E-state index contributed by atoms with van der Waals surface area (Å²) in [6, 6.07) is 14.9. The van der Waals surface area contributed by atoms with Gasteiger partial charge in [-0.05, 0) is 54.1 Å². The number of nitrogens with zero attached hydrogens (tertiary/aromatic N) is 1. The molecule has 2 N–H and O–H groups in total. The quantitative estimate of drug-likeness (QED) is 0.359. The highest BCUT2D eigenvalue weighted by molar-refractivity contribution is 6.51. The van der Waals surface area contributed by atoms with Crippen LogP contribution in [0.3, 0.4) is 0 Å². The molecule has 0 aromatic heterocycles. The molecule has 0 radical (unpaired) electrons. The summed E-state index contributed by atoms with van der Waals surface area (Å²) in [5, 5.41) is 21.2. The molecule has 8 heteroatoms. The second-order valence-corrected chi connectivity index (χ2v) is 7.60. The molecule has 1 saturated heterocycles. The number of hydrogen-bond donors (Lipinski definition) is 2. The molecule has 0 bridgehead atoms. The average molecular weight is 447 g/mol. The number of halogens is 1. The van der Waals surface area contributed by atoms with Gasteiger partial charge in [0.25, 0.3) is 11.7 Å². The van der Waals surface area contributed by atoms with Crippen molar-refractivity contribution >= 4 is 23.1 Å². The van der Waals surface area contributed by atoms with Gasteiger partial charge < -0.3 is 19.7 Å². The van der Waals surface area contributed by atoms with Crippen LogP contribution in [0.15, 0.2) is 72.3 Å². The Morgan fingerprint density at radius 1 is 0.939 bits per heavy atom. The molecule has 1 fully saturated rings. The number of fused-ring (bicyclic) bond motifs is 1. The Bertz CT molecular complexity index is 1320. The van der Waals surface area contributed by atoms with Gasteiger partial charge in [0, 0.05) is 11.3 Å². The zero-order valence-corrected chi connectivity index (χ0v) is 17.2. The van der Waals surface area contributed by atoms with Crippen LogP contribution in [0.25, 0.3) is 5.76 Å². The van der Waals surface area contributed by atoms with Crippen LogP contribution in [0.4, 0.5) is 10.1 Å². The van der Waals surface area contributed by atoms with E-state index in [0.29, 0.717) is 30.3 Å². The lowest BCUT2D eigenvalue weighted by molar-refractivity contribution is -0.132. The van der Waals surface area contributed by atoms with Gasteiger partial charge in [0.05, 0.1) is 11.6 Å². The van der Waals surface area contributed by atoms with Gasteiger partial charge in [0.1, 0.15) is 30.5 Å². The van der Waals surface area contributed by atoms with Crippen LogP contribution in [0.2, 0.25) is 0 Å². The number of phenols is 1. The molecule has 2 aliphatic rings. The van der Waals surface area contributed by atoms with Gasteiger partial charge in [0.2, 0.25) is 0 Å². The summed E-state index contributed by atoms with van der Waals surface area (Å²) in [5.74, 6) is -2.04. The molecule has 7 nitrogen and oxygen atoms in total. The van der Waals surface area contributed by atoms with E-state index < -0.39 is 29.3 Å². The van der Waals surface area contributed by atoms with Crippen LogP contribution in [-0.2, 0) is 9.59 Å². The first-order valence-electron chi connectivity index (χ1n) is 10.2. The maximum atomic E-state index is 14.0. The fourth-order valence-corrected chi connectivity index (χ4v) is 4.08. The Labute approximate surface area is 187 Å². The van der Waals surface area contributed by atoms with Gasteiger partial charge in [-0.15, -0.1) is 0 Å². The SMILES string of the molecule is O=C1C(=O)N(c2cccc(F)c2)C(c2cccc(O)c2)/C1=C(/O)c1ccc2c(c1)OCCO2. The topological polar surface area (TPSA) is 96.3 Å². The van der Waals surface area contributed by atoms with Crippen molar-refractivity contribution in [3.8, 4) is 17.2 Å². The van der Waals surface area contributed by atoms with E-state index in [0.717, 1.165) is 11.0 Å². The summed E-state index contributed by atoms with van der Waals surface area (Å²) in [7, 11) is 0. The van der Waals surface area contributed by atoms with E-state index in [4.69, 9.17) is 9.47 Å². The summed E-state index contributed by atoms with van der Waals surface area (Å²) in [5.41, 5.74) is 0.581. The Morgan fingerprint density at radius 2 is 1.70 bits per heavy atom. The number of anilines is 1. The number of Topliss-reactive ketones (excluding diaryl/α,β-unsaturated/α-hetero) is 1. The van der Waals surface area contributed by atoms with Crippen molar-refractivity contribution in [2.45, 2.75) is 6.04 Å². The standard InChI is InChI=1S/C25H18FNO6/c26-16-4-2-5-17(13-16)27-22(14-3-1-6-18(28)11-14)21(24(30)25(27)31)23(29)15-7-8-19-20(12-15)33-10-9-32-19/h1-8,11-13,22,28-29H,9-10H2/b23-21-. The Hall–Kier alpha value is -4.33. The van der Waals surface area contributed by atoms with Gasteiger partial charge in [-0.2, -0.15) is 0 Å². The van der Waals surface area contributed by atoms with Crippen molar-refractivity contribution in [1.29, 1.82) is 0 Å². The van der Waals surface area contributed by atoms with Gasteiger partial charge in [-0.25, -0.2) is 4.39 Å². The lowest BCUT2D eigenvalue weighted by atomic mass is 9.95. The number of benzene rings is 3. The summed E-state index contributed by atoms with van der Waals surface area (Å²) in [6.07, 6.45) is 0. The van der Waals surface area contributed by atoms with Crippen LogP contribution in [-0.4, -0.2) is 35.1 Å². The number of ether oxygens (including phenoxy) is 2. The number of aliphatic hydroxyl groups excluding tert-OH is 1. The van der Waals surface area contributed by atoms with Gasteiger partial charge in [-0.3, -0.25) is 14.5 Å². The molecule has 1 unspecified atom stereocenters. The van der Waals surface area contributed by atoms with E-state index in [9.17, 15) is 24.2 Å². The third-order valence-corrected chi connectivity index (χ3v) is 5.53. The van der Waals surface area contributed by atoms with Crippen molar-refractivity contribution in [2.75, 3.05) is 18.1 Å². The number of hydrogen-bond acceptors (Lipinski definition) is 6. The molecule has 3 aromatic carbocycles. The number of ketones is 1. The molecule has 0 aliphatic carbocycles. The van der Waals surface area contributed by atoms with Gasteiger partial charge in [-0.1, -0.05) is 18.2 Å². The van der Waals surface area contributed by atoms with Gasteiger partial charge in [0.15, 0.2) is 11.5 Å². The highest BCUT2D eigenvalue weighted by atomic mass is 19.1. The van der Waals surface area contributed by atoms with Crippen LogP contribution in [0.5, 0.6) is 17.2 Å². The van der Waals surface area contributed by atoms with Crippen molar-refractivity contribution in [2.24, 2.45) is 0 Å². The summed E-state index contributed by atoms with van der Waals surface area (Å²) in [4.78, 5) is 27.3. The Balaban J connectivity index is 1.71. The van der Waals surface area contributed by atoms with Crippen LogP contribution in [0, 0.1) is 5.82 Å². The number of rotatable bonds is 3. The lowest BCUT2D eigenvalue weighted by Gasteiger charge is -2.25. The third kappa shape index (κ3) is 3.55. The number of phenolic OH excluding ortho intramolecular Hbond substituents is 1. The van der Waals surface area contributed by atoms with E-state index in [1.54, 1.807) is 24.3 Å². The predicted molar refractivity (Wildman–Crippen MR) is 117 cm³/mol. The number of carbonyl (C=O) groups excluding carboxylic acids is 2. The van der Waals surface area contributed by atoms with Crippen molar-refractivity contribution in [3.63, 3.8) is 0 Å². The molecular weight excluding hydrogens is 429 g/mol. The lowest BCUT2D eigenvalue weighted by Crippen LogP contribution is -2.29. The minimum absolute atomic E-state index is 0.0864. The summed E-state index contributed by atoms with van der Waals surface area (Å²) < 4.78 is 25.0. The van der Waals surface area contributed by atoms with Crippen molar-refractivity contribution in [3.05, 3.63) is 89.2 Å². The normalized spacial score (nSPS) is 19.1. The monoisotopic (exact) mass is 447 g/mol. The smallest absolute Gasteiger partial charge is 0.300 e. The van der Waals surface area contributed by atoms with Crippen LogP contribution in [0.1, 0.15) is 17.2 Å². The van der Waals surface area contributed by atoms with Crippen LogP contribution >= 0.6 is 0 Å². The van der Waals surface area contributed by atoms with E-state index in [-0.39, 0.29) is 22.6 Å². The van der Waals surface area contributed by atoms with E-state index >= 15 is 0 Å². The van der Waals surface area contributed by atoms with E-state index in [1.165, 1.54) is 36.4 Å². The molecule has 1 atom stereocenters. The predicted octanol–water partition coefficient (Wildman–Crippen LogP) is 3.93. The first kappa shape index (κ1) is 20.6. The third-order valence-electron chi connectivity index (χ3n) is 5.53. The maximum Gasteiger partial charge on any atom is 0.300 e. The molecule has 33 heavy (non-hydrogen) atoms. The molecular formula is C25H18FNO6. The fraction of sp³-hybridized carbons (Fsp3) is 0.120. The zero-order chi connectivity index (χ0) is 23.1. The number of aromatic hydroxyl groups is 1. The first-order valence-corrected chi connectivity index (χ1v) is 10.2. The second kappa shape index (κ2) is 7.98. The van der Waals surface area contributed by atoms with Crippen molar-refractivity contribution in [1.82, 2.24) is 0 Å². The molecule has 1 amide bonds. The second-order valence-electron chi connectivity index (χ2n) is 7.60. The van der Waals surface area contributed by atoms with E-state index in [2.05, 4.69) is 0 Å². The zero-order valence-electron chi connectivity index (χ0n) is 17.2. The largest absolute Gasteiger partial charge is 0.508 e. The van der Waals surface area contributed by atoms with Crippen LogP contribution < -0.4 is 14.4 Å². The maximum absolute atomic E-state index is 14.0. The summed E-state index contributed by atoms with van der Waals surface area (Å²) in [6.45, 7) is 0.735. The highest BCUT2D eigenvalue weighted by Gasteiger charge is 2.47. The number of aliphatic hydroxyl groups is 1. The Morgan fingerprint density at radius 3 is 2.45 bits per heavy atom. The highest BCUT2D eigenvalue weighted by Crippen LogP contribution is 2.43. The average Bonchev–Trinajstić information content (AvgIpc) is 3.09. The number of amides is 1. The number of carbonyl (C=O) groups is 2. The molecule has 2 aliphatic heterocycles. The fourth-order valence-electron chi connectivity index (χ4n) is 4.08. The molecule has 166 valence electrons. The minimum Gasteiger partial charge on any atom is -0.508 e.